The van der Waals surface area contributed by atoms with Gasteiger partial charge in [0.05, 0.1) is 0 Å². The molecule has 3 nitrogen and oxygen atoms in total. The van der Waals surface area contributed by atoms with Crippen molar-refractivity contribution in [2.24, 2.45) is 5.73 Å². The molecular formula is C14H21FN2O. The highest BCUT2D eigenvalue weighted by Crippen LogP contribution is 2.28. The third-order valence-electron chi connectivity index (χ3n) is 3.39. The summed E-state index contributed by atoms with van der Waals surface area (Å²) in [6, 6.07) is 6.35. The van der Waals surface area contributed by atoms with Gasteiger partial charge in [-0.15, -0.1) is 0 Å². The van der Waals surface area contributed by atoms with Crippen LogP contribution in [0.2, 0.25) is 0 Å². The van der Waals surface area contributed by atoms with E-state index in [2.05, 4.69) is 5.32 Å². The van der Waals surface area contributed by atoms with Crippen LogP contribution >= 0.6 is 0 Å². The van der Waals surface area contributed by atoms with E-state index >= 15 is 0 Å². The van der Waals surface area contributed by atoms with Crippen molar-refractivity contribution in [3.05, 3.63) is 35.6 Å². The molecule has 0 aromatic heterocycles. The van der Waals surface area contributed by atoms with Crippen LogP contribution in [0.3, 0.4) is 0 Å². The first-order chi connectivity index (χ1) is 8.47. The monoisotopic (exact) mass is 252 g/mol. The van der Waals surface area contributed by atoms with Crippen molar-refractivity contribution in [1.29, 1.82) is 0 Å². The Hall–Kier alpha value is -1.42. The van der Waals surface area contributed by atoms with E-state index in [4.69, 9.17) is 5.73 Å². The van der Waals surface area contributed by atoms with E-state index in [1.165, 1.54) is 6.07 Å². The Kier molecular flexibility index (Phi) is 4.84. The summed E-state index contributed by atoms with van der Waals surface area (Å²) < 4.78 is 13.9. The lowest BCUT2D eigenvalue weighted by Gasteiger charge is -2.34. The van der Waals surface area contributed by atoms with Crippen molar-refractivity contribution in [3.63, 3.8) is 0 Å². The fraction of sp³-hybridized carbons (Fsp3) is 0.500. The van der Waals surface area contributed by atoms with Crippen molar-refractivity contribution in [3.8, 4) is 0 Å². The Morgan fingerprint density at radius 3 is 2.50 bits per heavy atom. The number of carbonyl (C=O) groups is 1. The lowest BCUT2D eigenvalue weighted by Crippen LogP contribution is -2.55. The third kappa shape index (κ3) is 2.70. The molecule has 0 saturated carbocycles. The fourth-order valence-electron chi connectivity index (χ4n) is 2.08. The zero-order valence-corrected chi connectivity index (χ0v) is 11.2. The maximum absolute atomic E-state index is 13.9. The molecule has 0 aliphatic rings. The summed E-state index contributed by atoms with van der Waals surface area (Å²) in [6.07, 6.45) is 1.25. The zero-order valence-electron chi connectivity index (χ0n) is 11.2. The van der Waals surface area contributed by atoms with Gasteiger partial charge in [-0.1, -0.05) is 32.0 Å². The highest BCUT2D eigenvalue weighted by Gasteiger charge is 2.39. The minimum atomic E-state index is -1.14. The minimum absolute atomic E-state index is 0.0806. The maximum Gasteiger partial charge on any atom is 0.242 e. The lowest BCUT2D eigenvalue weighted by atomic mass is 9.85. The summed E-state index contributed by atoms with van der Waals surface area (Å²) in [4.78, 5) is 11.8. The molecular weight excluding hydrogens is 231 g/mol. The molecule has 0 aliphatic carbocycles. The molecule has 0 fully saturated rings. The van der Waals surface area contributed by atoms with Crippen LogP contribution in [-0.2, 0) is 10.3 Å². The molecule has 100 valence electrons. The van der Waals surface area contributed by atoms with E-state index in [0.29, 0.717) is 12.0 Å². The van der Waals surface area contributed by atoms with Gasteiger partial charge < -0.3 is 5.73 Å². The molecule has 0 aliphatic heterocycles. The molecule has 0 spiro atoms. The molecule has 0 heterocycles. The number of primary amides is 1. The van der Waals surface area contributed by atoms with E-state index in [9.17, 15) is 9.18 Å². The van der Waals surface area contributed by atoms with Crippen LogP contribution in [0.5, 0.6) is 0 Å². The molecule has 18 heavy (non-hydrogen) atoms. The van der Waals surface area contributed by atoms with Crippen molar-refractivity contribution in [2.75, 3.05) is 0 Å². The van der Waals surface area contributed by atoms with Crippen molar-refractivity contribution < 1.29 is 9.18 Å². The second kappa shape index (κ2) is 5.96. The van der Waals surface area contributed by atoms with Crippen LogP contribution in [-0.4, -0.2) is 11.9 Å². The number of benzene rings is 1. The van der Waals surface area contributed by atoms with Gasteiger partial charge in [0.25, 0.3) is 0 Å². The van der Waals surface area contributed by atoms with Crippen LogP contribution in [0.25, 0.3) is 0 Å². The van der Waals surface area contributed by atoms with Gasteiger partial charge in [0.1, 0.15) is 11.4 Å². The molecule has 1 aromatic rings. The minimum Gasteiger partial charge on any atom is -0.368 e. The maximum atomic E-state index is 13.9. The second-order valence-corrected chi connectivity index (χ2v) is 4.56. The highest BCUT2D eigenvalue weighted by atomic mass is 19.1. The van der Waals surface area contributed by atoms with Crippen LogP contribution in [0, 0.1) is 5.82 Å². The van der Waals surface area contributed by atoms with Gasteiger partial charge in [0.2, 0.25) is 5.91 Å². The largest absolute Gasteiger partial charge is 0.368 e. The number of halogens is 1. The third-order valence-corrected chi connectivity index (χ3v) is 3.39. The number of nitrogens with two attached hydrogens (primary N) is 1. The molecule has 1 rings (SSSR count). The summed E-state index contributed by atoms with van der Waals surface area (Å²) in [6.45, 7) is 5.78. The van der Waals surface area contributed by atoms with Gasteiger partial charge in [-0.05, 0) is 25.8 Å². The normalized spacial score (nSPS) is 16.0. The number of carbonyl (C=O) groups excluding carboxylic acids is 1. The number of rotatable bonds is 6. The number of amides is 1. The van der Waals surface area contributed by atoms with Gasteiger partial charge in [0.15, 0.2) is 0 Å². The van der Waals surface area contributed by atoms with E-state index in [0.717, 1.165) is 6.42 Å². The molecule has 2 atom stereocenters. The Balaban J connectivity index is 3.28. The van der Waals surface area contributed by atoms with Crippen LogP contribution in [0.4, 0.5) is 4.39 Å². The van der Waals surface area contributed by atoms with Crippen molar-refractivity contribution >= 4 is 5.91 Å². The summed E-state index contributed by atoms with van der Waals surface area (Å²) in [5.74, 6) is -0.954. The van der Waals surface area contributed by atoms with Gasteiger partial charge in [-0.2, -0.15) is 0 Å². The predicted octanol–water partition coefficient (Wildman–Crippen LogP) is 2.30. The smallest absolute Gasteiger partial charge is 0.242 e. The average molecular weight is 252 g/mol. The standard InChI is InChI=1S/C14H21FN2O/c1-4-10(3)17-14(5-2,13(16)18)11-8-6-7-9-12(11)15/h6-10,17H,4-5H2,1-3H3,(H2,16,18). The lowest BCUT2D eigenvalue weighted by molar-refractivity contribution is -0.125. The van der Waals surface area contributed by atoms with Gasteiger partial charge in [-0.25, -0.2) is 4.39 Å². The Bertz CT molecular complexity index is 422. The summed E-state index contributed by atoms with van der Waals surface area (Å²) in [5, 5.41) is 3.17. The van der Waals surface area contributed by atoms with Gasteiger partial charge in [0, 0.05) is 11.6 Å². The topological polar surface area (TPSA) is 55.1 Å². The summed E-state index contributed by atoms with van der Waals surface area (Å²) >= 11 is 0. The first-order valence-electron chi connectivity index (χ1n) is 6.30. The Labute approximate surface area is 108 Å². The van der Waals surface area contributed by atoms with Crippen LogP contribution in [0.15, 0.2) is 24.3 Å². The van der Waals surface area contributed by atoms with Crippen LogP contribution < -0.4 is 11.1 Å². The average Bonchev–Trinajstić information content (AvgIpc) is 2.36. The van der Waals surface area contributed by atoms with Gasteiger partial charge in [-0.3, -0.25) is 10.1 Å². The molecule has 1 aromatic carbocycles. The molecule has 4 heteroatoms. The Morgan fingerprint density at radius 2 is 2.06 bits per heavy atom. The molecule has 3 N–H and O–H groups in total. The predicted molar refractivity (Wildman–Crippen MR) is 70.5 cm³/mol. The molecule has 0 saturated heterocycles. The van der Waals surface area contributed by atoms with Crippen LogP contribution in [0.1, 0.15) is 39.2 Å². The second-order valence-electron chi connectivity index (χ2n) is 4.56. The van der Waals surface area contributed by atoms with E-state index in [1.54, 1.807) is 18.2 Å². The molecule has 2 unspecified atom stereocenters. The van der Waals surface area contributed by atoms with E-state index < -0.39 is 17.3 Å². The van der Waals surface area contributed by atoms with Gasteiger partial charge >= 0.3 is 0 Å². The first-order valence-corrected chi connectivity index (χ1v) is 6.30. The summed E-state index contributed by atoms with van der Waals surface area (Å²) in [7, 11) is 0. The van der Waals surface area contributed by atoms with E-state index in [1.807, 2.05) is 20.8 Å². The first kappa shape index (κ1) is 14.6. The van der Waals surface area contributed by atoms with Crippen molar-refractivity contribution in [2.45, 2.75) is 45.2 Å². The number of hydrogen-bond donors (Lipinski definition) is 2. The fourth-order valence-corrected chi connectivity index (χ4v) is 2.08. The number of hydrogen-bond acceptors (Lipinski definition) is 2. The molecule has 0 bridgehead atoms. The molecule has 1 amide bonds. The Morgan fingerprint density at radius 1 is 1.44 bits per heavy atom. The number of nitrogens with one attached hydrogen (secondary N) is 1. The van der Waals surface area contributed by atoms with E-state index in [-0.39, 0.29) is 6.04 Å². The highest BCUT2D eigenvalue weighted by molar-refractivity contribution is 5.86. The summed E-state index contributed by atoms with van der Waals surface area (Å²) in [5.41, 5.74) is 4.70. The zero-order chi connectivity index (χ0) is 13.8. The van der Waals surface area contributed by atoms with Crippen molar-refractivity contribution in [1.82, 2.24) is 5.32 Å². The quantitative estimate of drug-likeness (QED) is 0.816. The SMILES string of the molecule is CCC(C)NC(CC)(C(N)=O)c1ccccc1F. The molecule has 0 radical (unpaired) electrons.